The van der Waals surface area contributed by atoms with Crippen LogP contribution in [0.15, 0.2) is 73.3 Å². The van der Waals surface area contributed by atoms with Crippen molar-refractivity contribution in [3.63, 3.8) is 0 Å². The number of rotatable bonds is 7. The quantitative estimate of drug-likeness (QED) is 0.772. The van der Waals surface area contributed by atoms with Gasteiger partial charge >= 0.3 is 0 Å². The molecule has 3 nitrogen and oxygen atoms in total. The summed E-state index contributed by atoms with van der Waals surface area (Å²) in [5.74, 6) is -0.176. The van der Waals surface area contributed by atoms with Crippen molar-refractivity contribution in [2.45, 2.75) is 25.0 Å². The van der Waals surface area contributed by atoms with Crippen LogP contribution in [0, 0.1) is 0 Å². The van der Waals surface area contributed by atoms with Crippen molar-refractivity contribution < 1.29 is 9.90 Å². The maximum Gasteiger partial charge on any atom is 0.251 e. The molecule has 3 heteroatoms. The van der Waals surface area contributed by atoms with E-state index in [4.69, 9.17) is 0 Å². The molecule has 0 aromatic heterocycles. The Hall–Kier alpha value is -2.39. The third kappa shape index (κ3) is 4.57. The highest BCUT2D eigenvalue weighted by Crippen LogP contribution is 2.10. The highest BCUT2D eigenvalue weighted by atomic mass is 16.3. The molecule has 0 fully saturated rings. The average Bonchev–Trinajstić information content (AvgIpc) is 2.56. The van der Waals surface area contributed by atoms with E-state index in [9.17, 15) is 9.90 Å². The van der Waals surface area contributed by atoms with Gasteiger partial charge in [-0.3, -0.25) is 4.79 Å². The molecule has 0 heterocycles. The van der Waals surface area contributed by atoms with E-state index < -0.39 is 6.10 Å². The Labute approximate surface area is 131 Å². The zero-order valence-corrected chi connectivity index (χ0v) is 12.5. The first-order valence-electron chi connectivity index (χ1n) is 7.39. The van der Waals surface area contributed by atoms with Gasteiger partial charge in [0.15, 0.2) is 0 Å². The molecule has 0 aliphatic rings. The van der Waals surface area contributed by atoms with Crippen molar-refractivity contribution in [1.29, 1.82) is 0 Å². The molecule has 0 saturated heterocycles. The van der Waals surface area contributed by atoms with Crippen LogP contribution in [-0.4, -0.2) is 23.2 Å². The van der Waals surface area contributed by atoms with Crippen LogP contribution in [-0.2, 0) is 6.42 Å². The molecule has 0 bridgehead atoms. The van der Waals surface area contributed by atoms with Gasteiger partial charge in [0.25, 0.3) is 5.91 Å². The van der Waals surface area contributed by atoms with Crippen molar-refractivity contribution in [3.8, 4) is 0 Å². The van der Waals surface area contributed by atoms with Gasteiger partial charge in [0.05, 0.1) is 12.1 Å². The monoisotopic (exact) mass is 295 g/mol. The Morgan fingerprint density at radius 3 is 2.27 bits per heavy atom. The molecule has 2 N–H and O–H groups in total. The molecule has 2 rings (SSSR count). The molecule has 2 atom stereocenters. The van der Waals surface area contributed by atoms with Gasteiger partial charge in [-0.15, -0.1) is 6.58 Å². The van der Waals surface area contributed by atoms with Crippen molar-refractivity contribution in [2.24, 2.45) is 0 Å². The third-order valence-corrected chi connectivity index (χ3v) is 3.52. The largest absolute Gasteiger partial charge is 0.391 e. The van der Waals surface area contributed by atoms with E-state index >= 15 is 0 Å². The lowest BCUT2D eigenvalue weighted by Crippen LogP contribution is -2.44. The van der Waals surface area contributed by atoms with E-state index in [1.807, 2.05) is 48.5 Å². The van der Waals surface area contributed by atoms with Crippen molar-refractivity contribution >= 4 is 5.91 Å². The van der Waals surface area contributed by atoms with E-state index in [-0.39, 0.29) is 11.9 Å². The zero-order valence-electron chi connectivity index (χ0n) is 12.5. The minimum Gasteiger partial charge on any atom is -0.391 e. The molecule has 2 aromatic carbocycles. The van der Waals surface area contributed by atoms with Crippen LogP contribution in [0.3, 0.4) is 0 Å². The number of hydrogen-bond acceptors (Lipinski definition) is 2. The summed E-state index contributed by atoms with van der Waals surface area (Å²) in [7, 11) is 0. The predicted molar refractivity (Wildman–Crippen MR) is 88.7 cm³/mol. The molecular formula is C19H21NO2. The molecule has 0 aliphatic carbocycles. The lowest BCUT2D eigenvalue weighted by Gasteiger charge is -2.23. The van der Waals surface area contributed by atoms with E-state index in [2.05, 4.69) is 11.9 Å². The number of benzene rings is 2. The van der Waals surface area contributed by atoms with Gasteiger partial charge in [-0.05, 0) is 30.5 Å². The van der Waals surface area contributed by atoms with Gasteiger partial charge in [-0.1, -0.05) is 54.6 Å². The molecule has 1 amide bonds. The first kappa shape index (κ1) is 16.0. The molecule has 2 aromatic rings. The van der Waals surface area contributed by atoms with Crippen LogP contribution in [0.2, 0.25) is 0 Å². The van der Waals surface area contributed by atoms with E-state index in [1.54, 1.807) is 18.2 Å². The average molecular weight is 295 g/mol. The Morgan fingerprint density at radius 1 is 1.09 bits per heavy atom. The Kier molecular flexibility index (Phi) is 5.92. The SMILES string of the molecule is C=CCC(O)[C@H](Cc1ccccc1)NC(=O)c1ccccc1. The minimum atomic E-state index is -0.662. The predicted octanol–water partition coefficient (Wildman–Crippen LogP) is 2.96. The van der Waals surface area contributed by atoms with Crippen LogP contribution >= 0.6 is 0 Å². The van der Waals surface area contributed by atoms with Gasteiger partial charge in [0.1, 0.15) is 0 Å². The van der Waals surface area contributed by atoms with Crippen LogP contribution in [0.1, 0.15) is 22.3 Å². The number of nitrogens with one attached hydrogen (secondary N) is 1. The summed E-state index contributed by atoms with van der Waals surface area (Å²) >= 11 is 0. The molecule has 0 radical (unpaired) electrons. The normalized spacial score (nSPS) is 13.1. The summed E-state index contributed by atoms with van der Waals surface area (Å²) in [5.41, 5.74) is 1.66. The summed E-state index contributed by atoms with van der Waals surface area (Å²) in [4.78, 5) is 12.3. The maximum atomic E-state index is 12.3. The minimum absolute atomic E-state index is 0.176. The van der Waals surface area contributed by atoms with Crippen LogP contribution in [0.5, 0.6) is 0 Å². The Balaban J connectivity index is 2.10. The summed E-state index contributed by atoms with van der Waals surface area (Å²) in [6.07, 6.45) is 2.02. The lowest BCUT2D eigenvalue weighted by atomic mass is 9.98. The van der Waals surface area contributed by atoms with E-state index in [0.717, 1.165) is 5.56 Å². The fourth-order valence-corrected chi connectivity index (χ4v) is 2.33. The summed E-state index contributed by atoms with van der Waals surface area (Å²) < 4.78 is 0. The molecular weight excluding hydrogens is 274 g/mol. The number of carbonyl (C=O) groups excluding carboxylic acids is 1. The van der Waals surface area contributed by atoms with Gasteiger partial charge in [-0.25, -0.2) is 0 Å². The van der Waals surface area contributed by atoms with Gasteiger partial charge in [0.2, 0.25) is 0 Å². The molecule has 0 saturated carbocycles. The summed E-state index contributed by atoms with van der Waals surface area (Å²) in [6.45, 7) is 3.65. The van der Waals surface area contributed by atoms with Crippen molar-refractivity contribution in [3.05, 3.63) is 84.4 Å². The fourth-order valence-electron chi connectivity index (χ4n) is 2.33. The first-order chi connectivity index (χ1) is 10.7. The summed E-state index contributed by atoms with van der Waals surface area (Å²) in [6, 6.07) is 18.5. The highest BCUT2D eigenvalue weighted by molar-refractivity contribution is 5.94. The number of aliphatic hydroxyl groups excluding tert-OH is 1. The second-order valence-electron chi connectivity index (χ2n) is 5.23. The Bertz CT molecular complexity index is 595. The molecule has 114 valence electrons. The second-order valence-corrected chi connectivity index (χ2v) is 5.23. The van der Waals surface area contributed by atoms with Gasteiger partial charge in [-0.2, -0.15) is 0 Å². The van der Waals surface area contributed by atoms with Crippen LogP contribution in [0.25, 0.3) is 0 Å². The third-order valence-electron chi connectivity index (χ3n) is 3.52. The lowest BCUT2D eigenvalue weighted by molar-refractivity contribution is 0.0837. The van der Waals surface area contributed by atoms with Crippen molar-refractivity contribution in [1.82, 2.24) is 5.32 Å². The summed E-state index contributed by atoms with van der Waals surface area (Å²) in [5, 5.41) is 13.2. The second kappa shape index (κ2) is 8.15. The van der Waals surface area contributed by atoms with Crippen LogP contribution in [0.4, 0.5) is 0 Å². The number of hydrogen-bond donors (Lipinski definition) is 2. The Morgan fingerprint density at radius 2 is 1.68 bits per heavy atom. The van der Waals surface area contributed by atoms with Crippen molar-refractivity contribution in [2.75, 3.05) is 0 Å². The fraction of sp³-hybridized carbons (Fsp3) is 0.211. The van der Waals surface area contributed by atoms with E-state index in [1.165, 1.54) is 0 Å². The van der Waals surface area contributed by atoms with E-state index in [0.29, 0.717) is 18.4 Å². The first-order valence-corrected chi connectivity index (χ1v) is 7.39. The number of carbonyl (C=O) groups is 1. The molecule has 22 heavy (non-hydrogen) atoms. The standard InChI is InChI=1S/C19H21NO2/c1-2-9-18(21)17(14-15-10-5-3-6-11-15)20-19(22)16-12-7-4-8-13-16/h2-8,10-13,17-18,21H,1,9,14H2,(H,20,22)/t17-,18?/m0/s1. The number of amides is 1. The molecule has 1 unspecified atom stereocenters. The zero-order chi connectivity index (χ0) is 15.8. The molecule has 0 spiro atoms. The van der Waals surface area contributed by atoms with Gasteiger partial charge < -0.3 is 10.4 Å². The topological polar surface area (TPSA) is 49.3 Å². The number of aliphatic hydroxyl groups is 1. The van der Waals surface area contributed by atoms with Gasteiger partial charge in [0, 0.05) is 5.56 Å². The smallest absolute Gasteiger partial charge is 0.251 e. The molecule has 0 aliphatic heterocycles. The maximum absolute atomic E-state index is 12.3. The van der Waals surface area contributed by atoms with Crippen LogP contribution < -0.4 is 5.32 Å². The highest BCUT2D eigenvalue weighted by Gasteiger charge is 2.21.